The molecule has 5 nitrogen and oxygen atoms in total. The molecule has 2 aromatic carbocycles. The van der Waals surface area contributed by atoms with Crippen LogP contribution in [0, 0.1) is 13.8 Å². The number of carbonyl (C=O) groups is 1. The van der Waals surface area contributed by atoms with Gasteiger partial charge in [-0.05, 0) is 49.6 Å². The fraction of sp³-hybridized carbons (Fsp3) is 0.211. The quantitative estimate of drug-likeness (QED) is 0.778. The van der Waals surface area contributed by atoms with E-state index in [0.717, 1.165) is 15.4 Å². The summed E-state index contributed by atoms with van der Waals surface area (Å²) in [5.74, 6) is 0. The molecule has 0 atom stereocenters. The van der Waals surface area contributed by atoms with Crippen LogP contribution in [0.15, 0.2) is 60.0 Å². The maximum absolute atomic E-state index is 13.2. The summed E-state index contributed by atoms with van der Waals surface area (Å²) in [5, 5.41) is 0. The summed E-state index contributed by atoms with van der Waals surface area (Å²) < 4.78 is 27.2. The van der Waals surface area contributed by atoms with E-state index >= 15 is 0 Å². The molecular weight excluding hydrogens is 336 g/mol. The van der Waals surface area contributed by atoms with Crippen LogP contribution in [0.5, 0.6) is 0 Å². The molecule has 0 saturated carbocycles. The number of anilines is 2. The van der Waals surface area contributed by atoms with E-state index in [1.807, 2.05) is 19.1 Å². The molecule has 0 aromatic heterocycles. The molecule has 0 saturated heterocycles. The van der Waals surface area contributed by atoms with E-state index in [-0.39, 0.29) is 4.90 Å². The van der Waals surface area contributed by atoms with Crippen molar-refractivity contribution < 1.29 is 13.2 Å². The summed E-state index contributed by atoms with van der Waals surface area (Å²) in [4.78, 5) is 14.8. The second kappa shape index (κ2) is 6.37. The zero-order valence-corrected chi connectivity index (χ0v) is 15.1. The summed E-state index contributed by atoms with van der Waals surface area (Å²) in [5.41, 5.74) is 2.42. The molecule has 130 valence electrons. The van der Waals surface area contributed by atoms with Crippen LogP contribution in [0.3, 0.4) is 0 Å². The van der Waals surface area contributed by atoms with Crippen molar-refractivity contribution in [2.24, 2.45) is 0 Å². The number of carbonyl (C=O) groups excluding carboxylic acids is 1. The third kappa shape index (κ3) is 2.82. The van der Waals surface area contributed by atoms with Gasteiger partial charge in [0.1, 0.15) is 4.90 Å². The first-order valence-electron chi connectivity index (χ1n) is 8.02. The number of amides is 2. The first kappa shape index (κ1) is 17.2. The largest absolute Gasteiger partial charge is 0.343 e. The SMILES string of the molecule is C=CCCN1C(=O)N(c2cc(C)ccc2C)S(=O)(=O)c2ccccc21. The lowest BCUT2D eigenvalue weighted by Crippen LogP contribution is -2.51. The highest BCUT2D eigenvalue weighted by Gasteiger charge is 2.42. The number of rotatable bonds is 4. The lowest BCUT2D eigenvalue weighted by molar-refractivity contribution is 0.254. The first-order chi connectivity index (χ1) is 11.9. The molecule has 6 heteroatoms. The number of para-hydroxylation sites is 1. The Morgan fingerprint density at radius 2 is 1.80 bits per heavy atom. The highest BCUT2D eigenvalue weighted by atomic mass is 32.2. The molecule has 0 unspecified atom stereocenters. The maximum atomic E-state index is 13.2. The van der Waals surface area contributed by atoms with Crippen LogP contribution in [0.2, 0.25) is 0 Å². The van der Waals surface area contributed by atoms with Gasteiger partial charge in [-0.15, -0.1) is 6.58 Å². The van der Waals surface area contributed by atoms with Crippen LogP contribution in [-0.2, 0) is 10.0 Å². The third-order valence-corrected chi connectivity index (χ3v) is 5.95. The zero-order chi connectivity index (χ0) is 18.2. The summed E-state index contributed by atoms with van der Waals surface area (Å²) in [6.07, 6.45) is 2.28. The second-order valence-corrected chi connectivity index (χ2v) is 7.79. The number of benzene rings is 2. The van der Waals surface area contributed by atoms with Gasteiger partial charge in [-0.2, -0.15) is 4.31 Å². The lowest BCUT2D eigenvalue weighted by atomic mass is 10.1. The summed E-state index contributed by atoms with van der Waals surface area (Å²) in [6, 6.07) is 11.5. The lowest BCUT2D eigenvalue weighted by Gasteiger charge is -2.36. The van der Waals surface area contributed by atoms with Gasteiger partial charge in [-0.1, -0.05) is 30.3 Å². The van der Waals surface area contributed by atoms with Crippen molar-refractivity contribution >= 4 is 27.4 Å². The highest BCUT2D eigenvalue weighted by molar-refractivity contribution is 7.94. The normalized spacial score (nSPS) is 15.8. The molecule has 0 radical (unpaired) electrons. The number of urea groups is 1. The number of nitrogens with zero attached hydrogens (tertiary/aromatic N) is 2. The van der Waals surface area contributed by atoms with Gasteiger partial charge in [0.2, 0.25) is 0 Å². The molecule has 0 fully saturated rings. The fourth-order valence-corrected chi connectivity index (χ4v) is 4.57. The molecule has 25 heavy (non-hydrogen) atoms. The van der Waals surface area contributed by atoms with Crippen LogP contribution >= 0.6 is 0 Å². The van der Waals surface area contributed by atoms with Crippen molar-refractivity contribution in [3.8, 4) is 0 Å². The Kier molecular flexibility index (Phi) is 4.39. The van der Waals surface area contributed by atoms with Crippen LogP contribution in [0.1, 0.15) is 17.5 Å². The van der Waals surface area contributed by atoms with Crippen molar-refractivity contribution in [1.29, 1.82) is 0 Å². The minimum Gasteiger partial charge on any atom is -0.291 e. The van der Waals surface area contributed by atoms with Gasteiger partial charge in [-0.25, -0.2) is 13.2 Å². The molecule has 0 N–H and O–H groups in total. The molecule has 0 bridgehead atoms. The first-order valence-corrected chi connectivity index (χ1v) is 9.46. The van der Waals surface area contributed by atoms with Gasteiger partial charge >= 0.3 is 6.03 Å². The molecular formula is C19H20N2O3S. The van der Waals surface area contributed by atoms with E-state index in [4.69, 9.17) is 0 Å². The third-order valence-electron chi connectivity index (χ3n) is 4.22. The fourth-order valence-electron chi connectivity index (χ4n) is 2.92. The van der Waals surface area contributed by atoms with Crippen LogP contribution in [0.25, 0.3) is 0 Å². The van der Waals surface area contributed by atoms with Gasteiger partial charge in [0, 0.05) is 6.54 Å². The average Bonchev–Trinajstić information content (AvgIpc) is 2.58. The molecule has 3 rings (SSSR count). The number of aryl methyl sites for hydroxylation is 2. The Morgan fingerprint density at radius 3 is 2.52 bits per heavy atom. The predicted molar refractivity (Wildman–Crippen MR) is 99.6 cm³/mol. The van der Waals surface area contributed by atoms with Crippen LogP contribution in [0.4, 0.5) is 16.2 Å². The van der Waals surface area contributed by atoms with E-state index < -0.39 is 16.1 Å². The zero-order valence-electron chi connectivity index (χ0n) is 14.3. The Hall–Kier alpha value is -2.60. The predicted octanol–water partition coefficient (Wildman–Crippen LogP) is 4.01. The van der Waals surface area contributed by atoms with Gasteiger partial charge in [0.05, 0.1) is 11.4 Å². The van der Waals surface area contributed by atoms with E-state index in [2.05, 4.69) is 6.58 Å². The summed E-state index contributed by atoms with van der Waals surface area (Å²) in [6.45, 7) is 7.73. The molecule has 2 amide bonds. The maximum Gasteiger partial charge on any atom is 0.343 e. The molecule has 0 aliphatic carbocycles. The van der Waals surface area contributed by atoms with Gasteiger partial charge < -0.3 is 0 Å². The molecule has 0 spiro atoms. The molecule has 1 aliphatic rings. The van der Waals surface area contributed by atoms with Gasteiger partial charge in [0.25, 0.3) is 10.0 Å². The van der Waals surface area contributed by atoms with E-state index in [1.165, 1.54) is 11.0 Å². The van der Waals surface area contributed by atoms with Crippen molar-refractivity contribution in [1.82, 2.24) is 0 Å². The van der Waals surface area contributed by atoms with Crippen molar-refractivity contribution in [2.45, 2.75) is 25.2 Å². The van der Waals surface area contributed by atoms with Crippen LogP contribution < -0.4 is 9.21 Å². The number of sulfonamides is 1. The smallest absolute Gasteiger partial charge is 0.291 e. The molecule has 1 heterocycles. The Morgan fingerprint density at radius 1 is 1.08 bits per heavy atom. The number of hydrogen-bond acceptors (Lipinski definition) is 3. The second-order valence-electron chi connectivity index (χ2n) is 6.04. The Labute approximate surface area is 148 Å². The van der Waals surface area contributed by atoms with E-state index in [1.54, 1.807) is 37.3 Å². The van der Waals surface area contributed by atoms with E-state index in [9.17, 15) is 13.2 Å². The monoisotopic (exact) mass is 356 g/mol. The van der Waals surface area contributed by atoms with Crippen molar-refractivity contribution in [3.63, 3.8) is 0 Å². The standard InChI is InChI=1S/C19H20N2O3S/c1-4-5-12-20-16-8-6-7-9-18(16)25(23,24)21(19(20)22)17-13-14(2)10-11-15(17)3/h4,6-11,13H,1,5,12H2,2-3H3. The minimum absolute atomic E-state index is 0.138. The summed E-state index contributed by atoms with van der Waals surface area (Å²) >= 11 is 0. The number of fused-ring (bicyclic) bond motifs is 1. The van der Waals surface area contributed by atoms with Gasteiger partial charge in [-0.3, -0.25) is 4.90 Å². The summed E-state index contributed by atoms with van der Waals surface area (Å²) in [7, 11) is -3.97. The Balaban J connectivity index is 2.24. The minimum atomic E-state index is -3.97. The van der Waals surface area contributed by atoms with Crippen molar-refractivity contribution in [3.05, 3.63) is 66.2 Å². The average molecular weight is 356 g/mol. The van der Waals surface area contributed by atoms with Gasteiger partial charge in [0.15, 0.2) is 0 Å². The van der Waals surface area contributed by atoms with E-state index in [0.29, 0.717) is 24.3 Å². The number of hydrogen-bond donors (Lipinski definition) is 0. The van der Waals surface area contributed by atoms with Crippen LogP contribution in [-0.4, -0.2) is 21.0 Å². The highest BCUT2D eigenvalue weighted by Crippen LogP contribution is 2.38. The molecule has 2 aromatic rings. The molecule has 1 aliphatic heterocycles. The van der Waals surface area contributed by atoms with Crippen molar-refractivity contribution in [2.75, 3.05) is 15.7 Å². The topological polar surface area (TPSA) is 57.7 Å². The Bertz CT molecular complexity index is 951.